The largest absolute Gasteiger partial charge is 0.465 e. The predicted octanol–water partition coefficient (Wildman–Crippen LogP) is 3.10. The number of carbonyl (C=O) groups is 1. The van der Waals surface area contributed by atoms with Crippen molar-refractivity contribution in [1.82, 2.24) is 0 Å². The molecule has 0 radical (unpaired) electrons. The molecule has 0 amide bonds. The molecule has 1 aromatic rings. The lowest BCUT2D eigenvalue weighted by atomic mass is 10.1. The van der Waals surface area contributed by atoms with Crippen molar-refractivity contribution in [2.24, 2.45) is 0 Å². The van der Waals surface area contributed by atoms with Crippen molar-refractivity contribution in [3.63, 3.8) is 0 Å². The molecule has 0 fully saturated rings. The summed E-state index contributed by atoms with van der Waals surface area (Å²) in [4.78, 5) is 11.6. The maximum atomic E-state index is 11.6. The van der Waals surface area contributed by atoms with Gasteiger partial charge in [-0.2, -0.15) is 0 Å². The van der Waals surface area contributed by atoms with E-state index in [1.807, 2.05) is 12.1 Å². The van der Waals surface area contributed by atoms with Crippen LogP contribution in [0.3, 0.4) is 0 Å². The Labute approximate surface area is 92.5 Å². The lowest BCUT2D eigenvalue weighted by Crippen LogP contribution is -2.29. The van der Waals surface area contributed by atoms with Gasteiger partial charge in [-0.05, 0) is 44.0 Å². The molecule has 0 atom stereocenters. The zero-order valence-corrected chi connectivity index (χ0v) is 9.76. The predicted molar refractivity (Wildman–Crippen MR) is 56.6 cm³/mol. The highest BCUT2D eigenvalue weighted by atomic mass is 79.9. The molecule has 1 aliphatic rings. The number of hydrogen-bond donors (Lipinski definition) is 0. The molecule has 0 spiro atoms. The zero-order chi connectivity index (χ0) is 9.47. The third kappa shape index (κ3) is 1.79. The molecule has 2 nitrogen and oxygen atoms in total. The second-order valence-electron chi connectivity index (χ2n) is 2.84. The van der Waals surface area contributed by atoms with Crippen LogP contribution in [0.5, 0.6) is 5.75 Å². The van der Waals surface area contributed by atoms with Crippen LogP contribution >= 0.6 is 31.9 Å². The Morgan fingerprint density at radius 3 is 2.77 bits per heavy atom. The minimum absolute atomic E-state index is 0.0793. The van der Waals surface area contributed by atoms with Gasteiger partial charge in [-0.15, -0.1) is 0 Å². The Hall–Kier alpha value is -0.350. The molecular formula is C9H6Br2O2. The molecule has 1 heterocycles. The first-order valence-electron chi connectivity index (χ1n) is 3.77. The van der Waals surface area contributed by atoms with Gasteiger partial charge < -0.3 is 4.74 Å². The monoisotopic (exact) mass is 304 g/mol. The minimum atomic E-state index is -0.731. The number of carbonyl (C=O) groups excluding carboxylic acids is 1. The van der Waals surface area contributed by atoms with Gasteiger partial charge in [0.25, 0.3) is 0 Å². The highest BCUT2D eigenvalue weighted by molar-refractivity contribution is 9.25. The van der Waals surface area contributed by atoms with Crippen molar-refractivity contribution in [3.8, 4) is 5.75 Å². The number of ketones is 1. The average Bonchev–Trinajstić information content (AvgIpc) is 2.02. The Morgan fingerprint density at radius 1 is 1.31 bits per heavy atom. The summed E-state index contributed by atoms with van der Waals surface area (Å²) in [6, 6.07) is 7.22. The van der Waals surface area contributed by atoms with E-state index in [9.17, 15) is 4.79 Å². The van der Waals surface area contributed by atoms with Gasteiger partial charge in [0, 0.05) is 0 Å². The quantitative estimate of drug-likeness (QED) is 0.689. The lowest BCUT2D eigenvalue weighted by molar-refractivity contribution is 0.0907. The van der Waals surface area contributed by atoms with Crippen molar-refractivity contribution in [2.75, 3.05) is 0 Å². The number of Topliss-reactive ketones (excluding diaryl/α,β-unsaturated/α-hetero) is 1. The van der Waals surface area contributed by atoms with E-state index in [1.54, 1.807) is 12.1 Å². The van der Waals surface area contributed by atoms with Crippen molar-refractivity contribution in [3.05, 3.63) is 29.8 Å². The van der Waals surface area contributed by atoms with Crippen molar-refractivity contribution >= 4 is 37.6 Å². The summed E-state index contributed by atoms with van der Waals surface area (Å²) in [5, 5.41) is 0. The van der Waals surface area contributed by atoms with Crippen molar-refractivity contribution < 1.29 is 9.53 Å². The molecule has 68 valence electrons. The molecule has 0 aliphatic carbocycles. The smallest absolute Gasteiger partial charge is 0.225 e. The molecule has 2 rings (SSSR count). The number of para-hydroxylation sites is 1. The summed E-state index contributed by atoms with van der Waals surface area (Å²) in [7, 11) is 0. The highest BCUT2D eigenvalue weighted by Gasteiger charge is 2.35. The zero-order valence-electron chi connectivity index (χ0n) is 6.59. The Balaban J connectivity index is 2.49. The maximum Gasteiger partial charge on any atom is 0.225 e. The van der Waals surface area contributed by atoms with E-state index < -0.39 is 3.42 Å². The standard InChI is InChI=1S/C9H6Br2O2/c10-9(11)5-7(12)6-3-1-2-4-8(6)13-9/h1-4H,5H2. The van der Waals surface area contributed by atoms with Crippen LogP contribution in [0, 0.1) is 0 Å². The molecule has 13 heavy (non-hydrogen) atoms. The number of halogens is 2. The fourth-order valence-electron chi connectivity index (χ4n) is 1.27. The summed E-state index contributed by atoms with van der Waals surface area (Å²) < 4.78 is 4.77. The number of hydrogen-bond acceptors (Lipinski definition) is 2. The van der Waals surface area contributed by atoms with Crippen LogP contribution in [-0.4, -0.2) is 9.20 Å². The molecule has 0 bridgehead atoms. The van der Waals surface area contributed by atoms with Gasteiger partial charge in [0.1, 0.15) is 5.75 Å². The molecule has 1 aromatic carbocycles. The fraction of sp³-hybridized carbons (Fsp3) is 0.222. The summed E-state index contributed by atoms with van der Waals surface area (Å²) in [6.45, 7) is 0. The number of benzene rings is 1. The van der Waals surface area contributed by atoms with Gasteiger partial charge in [-0.1, -0.05) is 12.1 Å². The second-order valence-corrected chi connectivity index (χ2v) is 6.46. The molecule has 0 N–H and O–H groups in total. The van der Waals surface area contributed by atoms with Crippen LogP contribution in [0.2, 0.25) is 0 Å². The van der Waals surface area contributed by atoms with Gasteiger partial charge in [-0.3, -0.25) is 4.79 Å². The Kier molecular flexibility index (Phi) is 2.20. The van der Waals surface area contributed by atoms with Crippen molar-refractivity contribution in [1.29, 1.82) is 0 Å². The highest BCUT2D eigenvalue weighted by Crippen LogP contribution is 2.40. The maximum absolute atomic E-state index is 11.6. The Morgan fingerprint density at radius 2 is 2.00 bits per heavy atom. The number of ether oxygens (including phenoxy) is 1. The second kappa shape index (κ2) is 3.10. The summed E-state index contributed by atoms with van der Waals surface area (Å²) in [6.07, 6.45) is 0.296. The van der Waals surface area contributed by atoms with Crippen molar-refractivity contribution in [2.45, 2.75) is 9.84 Å². The van der Waals surface area contributed by atoms with Crippen LogP contribution in [0.4, 0.5) is 0 Å². The van der Waals surface area contributed by atoms with Gasteiger partial charge >= 0.3 is 0 Å². The van der Waals surface area contributed by atoms with E-state index in [1.165, 1.54) is 0 Å². The fourth-order valence-corrected chi connectivity index (χ4v) is 2.12. The summed E-state index contributed by atoms with van der Waals surface area (Å²) in [5.74, 6) is 0.697. The average molecular weight is 306 g/mol. The number of fused-ring (bicyclic) bond motifs is 1. The van der Waals surface area contributed by atoms with Gasteiger partial charge in [0.05, 0.1) is 12.0 Å². The van der Waals surface area contributed by atoms with Crippen LogP contribution < -0.4 is 4.74 Å². The molecule has 0 aromatic heterocycles. The SMILES string of the molecule is O=C1CC(Br)(Br)Oc2ccccc21. The molecule has 0 unspecified atom stereocenters. The van der Waals surface area contributed by atoms with Crippen LogP contribution in [-0.2, 0) is 0 Å². The van der Waals surface area contributed by atoms with Gasteiger partial charge in [0.2, 0.25) is 3.42 Å². The van der Waals surface area contributed by atoms with Gasteiger partial charge in [0.15, 0.2) is 5.78 Å². The summed E-state index contributed by atoms with van der Waals surface area (Å²) in [5.41, 5.74) is 0.650. The third-order valence-corrected chi connectivity index (χ3v) is 2.70. The summed E-state index contributed by atoms with van der Waals surface area (Å²) >= 11 is 6.55. The first-order valence-corrected chi connectivity index (χ1v) is 5.36. The first kappa shape index (κ1) is 9.21. The first-order chi connectivity index (χ1) is 6.08. The molecule has 0 saturated carbocycles. The third-order valence-electron chi connectivity index (χ3n) is 1.81. The van der Waals surface area contributed by atoms with E-state index in [0.717, 1.165) is 0 Å². The Bertz CT molecular complexity index is 360. The lowest BCUT2D eigenvalue weighted by Gasteiger charge is -2.27. The van der Waals surface area contributed by atoms with E-state index >= 15 is 0 Å². The molecule has 1 aliphatic heterocycles. The van der Waals surface area contributed by atoms with Crippen LogP contribution in [0.1, 0.15) is 16.8 Å². The normalized spacial score (nSPS) is 19.1. The van der Waals surface area contributed by atoms with Crippen LogP contribution in [0.15, 0.2) is 24.3 Å². The molecule has 0 saturated heterocycles. The van der Waals surface area contributed by atoms with E-state index in [4.69, 9.17) is 4.74 Å². The van der Waals surface area contributed by atoms with Gasteiger partial charge in [-0.25, -0.2) is 0 Å². The number of alkyl halides is 2. The van der Waals surface area contributed by atoms with E-state index in [-0.39, 0.29) is 5.78 Å². The topological polar surface area (TPSA) is 26.3 Å². The van der Waals surface area contributed by atoms with Crippen LogP contribution in [0.25, 0.3) is 0 Å². The number of rotatable bonds is 0. The minimum Gasteiger partial charge on any atom is -0.465 e. The van der Waals surface area contributed by atoms with E-state index in [2.05, 4.69) is 31.9 Å². The molecular weight excluding hydrogens is 300 g/mol. The molecule has 4 heteroatoms. The van der Waals surface area contributed by atoms with E-state index in [0.29, 0.717) is 17.7 Å².